The van der Waals surface area contributed by atoms with Crippen molar-refractivity contribution in [1.82, 2.24) is 9.80 Å². The van der Waals surface area contributed by atoms with Gasteiger partial charge in [-0.3, -0.25) is 4.79 Å². The fourth-order valence-electron chi connectivity index (χ4n) is 4.10. The van der Waals surface area contributed by atoms with E-state index in [4.69, 9.17) is 9.90 Å². The van der Waals surface area contributed by atoms with Gasteiger partial charge in [-0.15, -0.1) is 6.07 Å². The van der Waals surface area contributed by atoms with Crippen LogP contribution in [-0.4, -0.2) is 51.2 Å². The summed E-state index contributed by atoms with van der Waals surface area (Å²) >= 11 is 0. The van der Waals surface area contributed by atoms with Crippen LogP contribution in [0.3, 0.4) is 0 Å². The maximum absolute atomic E-state index is 9.00. The number of carboxylic acids is 1. The molecule has 204 valence electrons. The number of aliphatic carboxylic acids is 1. The van der Waals surface area contributed by atoms with E-state index < -0.39 is 13.9 Å². The summed E-state index contributed by atoms with van der Waals surface area (Å²) in [6.45, 7) is 28.3. The second-order valence-electron chi connectivity index (χ2n) is 10.7. The van der Waals surface area contributed by atoms with Crippen LogP contribution in [0.25, 0.3) is 0 Å². The minimum Gasteiger partial charge on any atom is -0.481 e. The molecule has 2 aromatic rings. The maximum Gasteiger partial charge on any atom is 2.00 e. The SMILES string of the molecule is CC(=O)O.CC(C)N1[CH-]N(C(C)C)CCC1.[CH2-]c1ccccc1[PH+](c1ccccc1C)C(C)(C)C.[Pd+2]. The van der Waals surface area contributed by atoms with Crippen molar-refractivity contribution in [2.75, 3.05) is 13.1 Å². The molecule has 2 aromatic carbocycles. The molecule has 0 aliphatic carbocycles. The molecule has 4 nitrogen and oxygen atoms in total. The molecule has 1 unspecified atom stereocenters. The van der Waals surface area contributed by atoms with Gasteiger partial charge < -0.3 is 14.9 Å². The van der Waals surface area contributed by atoms with E-state index in [0.29, 0.717) is 12.1 Å². The van der Waals surface area contributed by atoms with Crippen LogP contribution in [0.2, 0.25) is 0 Å². The van der Waals surface area contributed by atoms with Crippen molar-refractivity contribution in [3.8, 4) is 0 Å². The van der Waals surface area contributed by atoms with Gasteiger partial charge in [0.25, 0.3) is 5.97 Å². The summed E-state index contributed by atoms with van der Waals surface area (Å²) in [5.41, 5.74) is 2.57. The second kappa shape index (κ2) is 16.6. The predicted octanol–water partition coefficient (Wildman–Crippen LogP) is 6.16. The normalized spacial score (nSPS) is 15.2. The van der Waals surface area contributed by atoms with E-state index in [1.165, 1.54) is 41.2 Å². The minimum atomic E-state index is -0.838. The van der Waals surface area contributed by atoms with E-state index >= 15 is 0 Å². The summed E-state index contributed by atoms with van der Waals surface area (Å²) in [4.78, 5) is 13.8. The molecular weight excluding hydrogens is 558 g/mol. The van der Waals surface area contributed by atoms with Crippen LogP contribution in [0, 0.1) is 20.5 Å². The molecule has 0 bridgehead atoms. The number of hydrogen-bond donors (Lipinski definition) is 1. The third kappa shape index (κ3) is 11.9. The van der Waals surface area contributed by atoms with Gasteiger partial charge in [-0.1, -0.05) is 58.0 Å². The van der Waals surface area contributed by atoms with E-state index in [0.717, 1.165) is 6.92 Å². The molecule has 1 N–H and O–H groups in total. The number of hydrogen-bond acceptors (Lipinski definition) is 3. The molecule has 3 rings (SSSR count). The standard InChI is InChI=1S/C18H22P.C10H21N2.C2H4O2.Pd/c1-14-10-6-8-12-16(14)19(18(3,4)5)17-13-9-7-11-15(17)2;1-9(2)11-6-5-7-12(8-11)10(3)4;1-2(3)4;/h6-13H,1H2,2-5H3;8-10H,5-7H2,1-4H3;1H3,(H,3,4);/q2*-1;;+2/p+1. The van der Waals surface area contributed by atoms with Crippen molar-refractivity contribution in [2.45, 2.75) is 86.0 Å². The molecule has 1 saturated heterocycles. The summed E-state index contributed by atoms with van der Waals surface area (Å²) in [6, 6.07) is 18.7. The third-order valence-electron chi connectivity index (χ3n) is 5.91. The summed E-state index contributed by atoms with van der Waals surface area (Å²) < 4.78 is 0. The Labute approximate surface area is 236 Å². The first-order valence-corrected chi connectivity index (χ1v) is 14.2. The Bertz CT molecular complexity index is 848. The third-order valence-corrected chi connectivity index (χ3v) is 9.53. The number of carboxylic acid groups (broad SMARTS) is 1. The van der Waals surface area contributed by atoms with E-state index in [1.54, 1.807) is 0 Å². The van der Waals surface area contributed by atoms with Gasteiger partial charge in [-0.25, -0.2) is 6.67 Å². The van der Waals surface area contributed by atoms with E-state index in [2.05, 4.69) is 127 Å². The quantitative estimate of drug-likeness (QED) is 0.258. The molecule has 1 aliphatic rings. The molecule has 6 heteroatoms. The Kier molecular flexibility index (Phi) is 16.0. The van der Waals surface area contributed by atoms with E-state index in [-0.39, 0.29) is 25.6 Å². The molecule has 0 radical (unpaired) electrons. The van der Waals surface area contributed by atoms with Crippen molar-refractivity contribution in [2.24, 2.45) is 0 Å². The molecule has 0 spiro atoms. The first kappa shape index (κ1) is 34.8. The number of nitrogens with zero attached hydrogens (tertiary/aromatic N) is 2. The number of rotatable bonds is 4. The Hall–Kier alpha value is -1.21. The van der Waals surface area contributed by atoms with Gasteiger partial charge in [-0.2, -0.15) is 18.6 Å². The van der Waals surface area contributed by atoms with Gasteiger partial charge in [-0.05, 0) is 70.9 Å². The average Bonchev–Trinajstić information content (AvgIpc) is 2.76. The zero-order chi connectivity index (χ0) is 26.8. The molecule has 1 aliphatic heterocycles. The molecular formula is C30H48N2O2PPd+. The monoisotopic (exact) mass is 605 g/mol. The Balaban J connectivity index is 0.000000620. The summed E-state index contributed by atoms with van der Waals surface area (Å²) in [5.74, 6) is -0.833. The van der Waals surface area contributed by atoms with Crippen molar-refractivity contribution in [3.63, 3.8) is 0 Å². The van der Waals surface area contributed by atoms with Crippen LogP contribution in [0.4, 0.5) is 0 Å². The van der Waals surface area contributed by atoms with Crippen molar-refractivity contribution in [3.05, 3.63) is 73.3 Å². The Morgan fingerprint density at radius 1 is 0.944 bits per heavy atom. The first-order chi connectivity index (χ1) is 16.3. The van der Waals surface area contributed by atoms with Crippen molar-refractivity contribution >= 4 is 24.5 Å². The van der Waals surface area contributed by atoms with Crippen LogP contribution in [0.5, 0.6) is 0 Å². The number of carbonyl (C=O) groups is 1. The van der Waals surface area contributed by atoms with Gasteiger partial charge in [0, 0.05) is 20.1 Å². The summed E-state index contributed by atoms with van der Waals surface area (Å²) in [6.07, 6.45) is 1.30. The molecule has 1 fully saturated rings. The average molecular weight is 606 g/mol. The number of aryl methyl sites for hydroxylation is 1. The zero-order valence-electron chi connectivity index (χ0n) is 23.7. The maximum atomic E-state index is 9.00. The predicted molar refractivity (Wildman–Crippen MR) is 155 cm³/mol. The van der Waals surface area contributed by atoms with Gasteiger partial charge in [0.05, 0.1) is 10.5 Å². The van der Waals surface area contributed by atoms with Crippen molar-refractivity contribution in [1.29, 1.82) is 0 Å². The van der Waals surface area contributed by atoms with Crippen LogP contribution in [-0.2, 0) is 25.2 Å². The topological polar surface area (TPSA) is 43.8 Å². The first-order valence-electron chi connectivity index (χ1n) is 12.7. The van der Waals surface area contributed by atoms with Crippen LogP contribution >= 0.6 is 7.92 Å². The fourth-order valence-corrected chi connectivity index (χ4v) is 7.41. The molecule has 1 atom stereocenters. The van der Waals surface area contributed by atoms with Crippen LogP contribution in [0.1, 0.15) is 72.9 Å². The molecule has 36 heavy (non-hydrogen) atoms. The molecule has 1 heterocycles. The number of benzene rings is 2. The Morgan fingerprint density at radius 3 is 1.75 bits per heavy atom. The zero-order valence-corrected chi connectivity index (χ0v) is 26.3. The van der Waals surface area contributed by atoms with Crippen molar-refractivity contribution < 1.29 is 30.3 Å². The van der Waals surface area contributed by atoms with Gasteiger partial charge >= 0.3 is 20.4 Å². The van der Waals surface area contributed by atoms with Crippen LogP contribution in [0.15, 0.2) is 48.5 Å². The second-order valence-corrected chi connectivity index (χ2v) is 14.1. The smallest absolute Gasteiger partial charge is 0.481 e. The van der Waals surface area contributed by atoms with E-state index in [9.17, 15) is 0 Å². The fraction of sp³-hybridized carbons (Fsp3) is 0.500. The summed E-state index contributed by atoms with van der Waals surface area (Å²) in [7, 11) is -0.838. The largest absolute Gasteiger partial charge is 2.00 e. The minimum absolute atomic E-state index is 0. The van der Waals surface area contributed by atoms with E-state index in [1.807, 2.05) is 0 Å². The van der Waals surface area contributed by atoms with Gasteiger partial charge in [0.15, 0.2) is 0 Å². The Morgan fingerprint density at radius 2 is 1.36 bits per heavy atom. The van der Waals surface area contributed by atoms with Gasteiger partial charge in [0.1, 0.15) is 0 Å². The molecule has 0 aromatic heterocycles. The summed E-state index contributed by atoms with van der Waals surface area (Å²) in [5, 5.41) is 10.6. The van der Waals surface area contributed by atoms with Gasteiger partial charge in [0.2, 0.25) is 0 Å². The molecule has 0 amide bonds. The van der Waals surface area contributed by atoms with Crippen LogP contribution < -0.4 is 10.6 Å². The molecule has 0 saturated carbocycles.